The second kappa shape index (κ2) is 9.67. The summed E-state index contributed by atoms with van der Waals surface area (Å²) < 4.78 is 10.9. The van der Waals surface area contributed by atoms with Gasteiger partial charge in [0.05, 0.1) is 18.3 Å². The van der Waals surface area contributed by atoms with Crippen LogP contribution in [0.2, 0.25) is 0 Å². The summed E-state index contributed by atoms with van der Waals surface area (Å²) in [6.45, 7) is 8.95. The third-order valence-electron chi connectivity index (χ3n) is 7.83. The van der Waals surface area contributed by atoms with Crippen molar-refractivity contribution in [3.8, 4) is 0 Å². The van der Waals surface area contributed by atoms with Crippen molar-refractivity contribution in [3.05, 3.63) is 72.5 Å². The van der Waals surface area contributed by atoms with E-state index >= 15 is 0 Å². The summed E-state index contributed by atoms with van der Waals surface area (Å²) in [5.74, 6) is -3.41. The zero-order valence-corrected chi connectivity index (χ0v) is 20.7. The fraction of sp³-hybridized carbons (Fsp3) is 0.464. The summed E-state index contributed by atoms with van der Waals surface area (Å²) >= 11 is 0. The minimum atomic E-state index is -1.86. The summed E-state index contributed by atoms with van der Waals surface area (Å²) in [6, 6.07) is 9.26. The van der Waals surface area contributed by atoms with Crippen LogP contribution in [-0.4, -0.2) is 51.4 Å². The number of rotatable bonds is 2. The molecule has 1 aromatic rings. The van der Waals surface area contributed by atoms with E-state index in [4.69, 9.17) is 9.47 Å². The predicted molar refractivity (Wildman–Crippen MR) is 131 cm³/mol. The van der Waals surface area contributed by atoms with Crippen molar-refractivity contribution < 1.29 is 34.1 Å². The first-order valence-electron chi connectivity index (χ1n) is 12.2. The van der Waals surface area contributed by atoms with E-state index in [-0.39, 0.29) is 12.3 Å². The van der Waals surface area contributed by atoms with Crippen molar-refractivity contribution in [1.29, 1.82) is 0 Å². The van der Waals surface area contributed by atoms with E-state index in [9.17, 15) is 24.6 Å². The molecule has 2 heterocycles. The van der Waals surface area contributed by atoms with Gasteiger partial charge in [-0.3, -0.25) is 9.59 Å². The smallest absolute Gasteiger partial charge is 0.416 e. The first kappa shape index (κ1) is 25.9. The number of ketones is 1. The quantitative estimate of drug-likeness (QED) is 0.426. The van der Waals surface area contributed by atoms with Gasteiger partial charge in [-0.05, 0) is 42.9 Å². The van der Waals surface area contributed by atoms with Gasteiger partial charge in [-0.1, -0.05) is 62.9 Å². The third-order valence-corrected chi connectivity index (χ3v) is 7.83. The van der Waals surface area contributed by atoms with Crippen molar-refractivity contribution >= 4 is 17.8 Å². The average Bonchev–Trinajstić information content (AvgIpc) is 3.10. The van der Waals surface area contributed by atoms with E-state index < -0.39 is 58.9 Å². The summed E-state index contributed by atoms with van der Waals surface area (Å²) in [6.07, 6.45) is 3.68. The Morgan fingerprint density at radius 3 is 2.56 bits per heavy atom. The number of nitrogens with one attached hydrogen (secondary N) is 1. The number of carbonyl (C=O) groups is 3. The molecule has 1 aliphatic carbocycles. The van der Waals surface area contributed by atoms with Crippen LogP contribution in [0.15, 0.2) is 67.0 Å². The third kappa shape index (κ3) is 4.40. The second-order valence-corrected chi connectivity index (χ2v) is 10.3. The van der Waals surface area contributed by atoms with Crippen LogP contribution in [0.25, 0.3) is 0 Å². The maximum atomic E-state index is 13.7. The minimum Gasteiger partial charge on any atom is -0.416 e. The van der Waals surface area contributed by atoms with Gasteiger partial charge < -0.3 is 25.0 Å². The molecule has 3 N–H and O–H groups in total. The minimum absolute atomic E-state index is 0.249. The van der Waals surface area contributed by atoms with Crippen LogP contribution in [0, 0.1) is 23.7 Å². The SMILES string of the molecule is C=C1[C@H](C)[C@H]2[C@H](Cc3ccccc3)NC(=O)[C@]23OC(=O)O/C=C\[C@](C)(O)C(=O)[C@H](C)C/C=C/[C@@H]3[C@H]1O. The number of cyclic esters (lactones) is 1. The van der Waals surface area contributed by atoms with Gasteiger partial charge in [0.25, 0.3) is 5.91 Å². The van der Waals surface area contributed by atoms with Gasteiger partial charge in [-0.2, -0.15) is 0 Å². The van der Waals surface area contributed by atoms with E-state index in [0.717, 1.165) is 17.9 Å². The highest BCUT2D eigenvalue weighted by Gasteiger charge is 2.68. The normalized spacial score (nSPS) is 40.8. The number of hydrogen-bond acceptors (Lipinski definition) is 7. The number of aliphatic hydroxyl groups is 2. The van der Waals surface area contributed by atoms with E-state index in [1.54, 1.807) is 19.1 Å². The van der Waals surface area contributed by atoms with Crippen LogP contribution in [-0.2, 0) is 25.5 Å². The molecule has 0 bridgehead atoms. The van der Waals surface area contributed by atoms with Crippen LogP contribution in [0.4, 0.5) is 4.79 Å². The molecule has 1 aromatic carbocycles. The summed E-state index contributed by atoms with van der Waals surface area (Å²) in [4.78, 5) is 39.3. The molecule has 2 aliphatic heterocycles. The molecular weight excluding hydrogens is 462 g/mol. The Bertz CT molecular complexity index is 1110. The van der Waals surface area contributed by atoms with Gasteiger partial charge in [-0.15, -0.1) is 0 Å². The number of ether oxygens (including phenoxy) is 2. The first-order chi connectivity index (χ1) is 17.0. The molecule has 0 aromatic heterocycles. The van der Waals surface area contributed by atoms with Crippen LogP contribution in [0.5, 0.6) is 0 Å². The van der Waals surface area contributed by atoms with E-state index in [0.29, 0.717) is 12.0 Å². The number of Topliss-reactive ketones (excluding diaryl/α,β-unsaturated/α-hetero) is 1. The fourth-order valence-electron chi connectivity index (χ4n) is 5.86. The Morgan fingerprint density at radius 2 is 1.86 bits per heavy atom. The highest BCUT2D eigenvalue weighted by atomic mass is 16.7. The Labute approximate surface area is 210 Å². The molecule has 36 heavy (non-hydrogen) atoms. The molecule has 3 aliphatic rings. The monoisotopic (exact) mass is 495 g/mol. The first-order valence-corrected chi connectivity index (χ1v) is 12.2. The van der Waals surface area contributed by atoms with Gasteiger partial charge in [0.15, 0.2) is 5.78 Å². The molecule has 1 spiro atoms. The highest BCUT2D eigenvalue weighted by molar-refractivity contribution is 5.92. The molecule has 8 heteroatoms. The van der Waals surface area contributed by atoms with Crippen LogP contribution < -0.4 is 5.32 Å². The zero-order chi connectivity index (χ0) is 26.3. The van der Waals surface area contributed by atoms with Crippen molar-refractivity contribution in [1.82, 2.24) is 5.32 Å². The molecule has 0 radical (unpaired) electrons. The number of hydrogen-bond donors (Lipinski definition) is 3. The maximum Gasteiger partial charge on any atom is 0.514 e. The van der Waals surface area contributed by atoms with Crippen molar-refractivity contribution in [2.45, 2.75) is 57.0 Å². The Balaban J connectivity index is 1.80. The van der Waals surface area contributed by atoms with Crippen LogP contribution >= 0.6 is 0 Å². The number of benzene rings is 1. The Morgan fingerprint density at radius 1 is 1.17 bits per heavy atom. The van der Waals surface area contributed by atoms with Crippen LogP contribution in [0.3, 0.4) is 0 Å². The molecule has 1 saturated heterocycles. The Kier molecular flexibility index (Phi) is 6.94. The fourth-order valence-corrected chi connectivity index (χ4v) is 5.86. The number of allylic oxidation sites excluding steroid dienone is 1. The van der Waals surface area contributed by atoms with E-state index in [1.807, 2.05) is 37.3 Å². The van der Waals surface area contributed by atoms with Gasteiger partial charge >= 0.3 is 6.16 Å². The van der Waals surface area contributed by atoms with E-state index in [2.05, 4.69) is 11.9 Å². The van der Waals surface area contributed by atoms with Crippen molar-refractivity contribution in [2.75, 3.05) is 0 Å². The van der Waals surface area contributed by atoms with E-state index in [1.165, 1.54) is 6.92 Å². The second-order valence-electron chi connectivity index (χ2n) is 10.3. The maximum absolute atomic E-state index is 13.7. The molecule has 1 amide bonds. The number of aliphatic hydroxyl groups excluding tert-OH is 1. The van der Waals surface area contributed by atoms with Gasteiger partial charge in [0, 0.05) is 17.9 Å². The standard InChI is InChI=1S/C28H33NO7/c1-16-9-8-12-20-23(30)18(3)17(2)22-21(15-19-10-6-5-7-11-19)29-25(32)28(20,22)36-26(33)35-14-13-27(4,34)24(16)31/h5-8,10-14,16-17,20-23,30,34H,3,9,15H2,1-2,4H3,(H,29,32)/b12-8+,14-13-/t16-,17+,20-,21+,22+,23+,27+,28-/m1/s1. The topological polar surface area (TPSA) is 122 Å². The number of carbonyl (C=O) groups excluding carboxylic acids is 3. The number of amides is 1. The lowest BCUT2D eigenvalue weighted by atomic mass is 9.59. The highest BCUT2D eigenvalue weighted by Crippen LogP contribution is 2.52. The molecule has 192 valence electrons. The molecule has 1 saturated carbocycles. The Hall–Kier alpha value is -3.23. The molecule has 8 nitrogen and oxygen atoms in total. The van der Waals surface area contributed by atoms with Gasteiger partial charge in [0.2, 0.25) is 5.60 Å². The lowest BCUT2D eigenvalue weighted by Gasteiger charge is -2.48. The zero-order valence-electron chi connectivity index (χ0n) is 20.7. The summed E-state index contributed by atoms with van der Waals surface area (Å²) in [5, 5.41) is 24.8. The summed E-state index contributed by atoms with van der Waals surface area (Å²) in [5.41, 5.74) is -2.08. The lowest BCUT2D eigenvalue weighted by molar-refractivity contribution is -0.159. The van der Waals surface area contributed by atoms with Crippen molar-refractivity contribution in [2.24, 2.45) is 23.7 Å². The average molecular weight is 496 g/mol. The molecule has 4 rings (SSSR count). The molecular formula is C28H33NO7. The lowest BCUT2D eigenvalue weighted by Crippen LogP contribution is -2.61. The molecule has 0 unspecified atom stereocenters. The predicted octanol–water partition coefficient (Wildman–Crippen LogP) is 2.85. The molecule has 2 fully saturated rings. The van der Waals surface area contributed by atoms with Gasteiger partial charge in [-0.25, -0.2) is 4.79 Å². The van der Waals surface area contributed by atoms with Crippen molar-refractivity contribution in [3.63, 3.8) is 0 Å². The molecule has 8 atom stereocenters. The van der Waals surface area contributed by atoms with Crippen LogP contribution in [0.1, 0.15) is 32.8 Å². The largest absolute Gasteiger partial charge is 0.514 e. The summed E-state index contributed by atoms with van der Waals surface area (Å²) in [7, 11) is 0. The van der Waals surface area contributed by atoms with Gasteiger partial charge in [0.1, 0.15) is 5.60 Å².